The fraction of sp³-hybridized carbons (Fsp3) is 0.929. The molecule has 3 unspecified atom stereocenters. The molecule has 3 rings (SSSR count). The Balaban J connectivity index is 1.44. The van der Waals surface area contributed by atoms with Gasteiger partial charge in [-0.3, -0.25) is 4.79 Å². The van der Waals surface area contributed by atoms with Gasteiger partial charge in [0.15, 0.2) is 0 Å². The first-order chi connectivity index (χ1) is 8.24. The maximum atomic E-state index is 12.0. The Morgan fingerprint density at radius 2 is 2.00 bits per heavy atom. The summed E-state index contributed by atoms with van der Waals surface area (Å²) in [7, 11) is 0. The number of amides is 1. The van der Waals surface area contributed by atoms with Gasteiger partial charge in [0.25, 0.3) is 0 Å². The summed E-state index contributed by atoms with van der Waals surface area (Å²) in [5, 5.41) is 3.24. The van der Waals surface area contributed by atoms with E-state index in [4.69, 9.17) is 5.73 Å². The molecule has 0 saturated heterocycles. The first-order valence-electron chi connectivity index (χ1n) is 7.29. The smallest absolute Gasteiger partial charge is 0.220 e. The number of fused-ring (bicyclic) bond motifs is 1. The molecule has 96 valence electrons. The van der Waals surface area contributed by atoms with E-state index in [9.17, 15) is 4.79 Å². The van der Waals surface area contributed by atoms with Crippen molar-refractivity contribution in [3.8, 4) is 0 Å². The van der Waals surface area contributed by atoms with Crippen LogP contribution in [0.25, 0.3) is 0 Å². The van der Waals surface area contributed by atoms with Crippen molar-refractivity contribution in [2.24, 2.45) is 23.5 Å². The zero-order valence-electron chi connectivity index (χ0n) is 10.5. The van der Waals surface area contributed by atoms with Crippen LogP contribution in [-0.2, 0) is 4.79 Å². The van der Waals surface area contributed by atoms with Gasteiger partial charge >= 0.3 is 0 Å². The molecule has 17 heavy (non-hydrogen) atoms. The quantitative estimate of drug-likeness (QED) is 0.785. The summed E-state index contributed by atoms with van der Waals surface area (Å²) in [4.78, 5) is 12.0. The topological polar surface area (TPSA) is 55.1 Å². The van der Waals surface area contributed by atoms with Crippen molar-refractivity contribution in [1.82, 2.24) is 5.32 Å². The van der Waals surface area contributed by atoms with Gasteiger partial charge in [-0.25, -0.2) is 0 Å². The van der Waals surface area contributed by atoms with Crippen molar-refractivity contribution in [2.45, 2.75) is 63.5 Å². The van der Waals surface area contributed by atoms with Crippen LogP contribution in [0.15, 0.2) is 0 Å². The van der Waals surface area contributed by atoms with Gasteiger partial charge in [0, 0.05) is 18.5 Å². The molecule has 0 bridgehead atoms. The zero-order valence-corrected chi connectivity index (χ0v) is 10.5. The van der Waals surface area contributed by atoms with Crippen molar-refractivity contribution in [3.63, 3.8) is 0 Å². The third-order valence-corrected chi connectivity index (χ3v) is 5.30. The summed E-state index contributed by atoms with van der Waals surface area (Å²) in [6.07, 6.45) is 9.44. The van der Waals surface area contributed by atoms with Gasteiger partial charge in [-0.2, -0.15) is 0 Å². The minimum Gasteiger partial charge on any atom is -0.353 e. The summed E-state index contributed by atoms with van der Waals surface area (Å²) >= 11 is 0. The van der Waals surface area contributed by atoms with Gasteiger partial charge in [-0.15, -0.1) is 0 Å². The number of hydrogen-bond acceptors (Lipinski definition) is 2. The monoisotopic (exact) mass is 236 g/mol. The van der Waals surface area contributed by atoms with Gasteiger partial charge in [-0.1, -0.05) is 19.3 Å². The molecule has 5 atom stereocenters. The van der Waals surface area contributed by atoms with E-state index in [0.717, 1.165) is 24.7 Å². The Hall–Kier alpha value is -0.570. The fourth-order valence-corrected chi connectivity index (χ4v) is 4.18. The predicted molar refractivity (Wildman–Crippen MR) is 67.3 cm³/mol. The summed E-state index contributed by atoms with van der Waals surface area (Å²) in [6.45, 7) is 0. The Bertz CT molecular complexity index is 305. The Labute approximate surface area is 104 Å². The van der Waals surface area contributed by atoms with Crippen LogP contribution in [0.1, 0.15) is 51.4 Å². The highest BCUT2D eigenvalue weighted by atomic mass is 16.1. The normalized spacial score (nSPS) is 44.2. The lowest BCUT2D eigenvalue weighted by atomic mass is 9.71. The summed E-state index contributed by atoms with van der Waals surface area (Å²) < 4.78 is 0. The molecule has 0 heterocycles. The minimum atomic E-state index is 0.253. The summed E-state index contributed by atoms with van der Waals surface area (Å²) in [5.74, 6) is 2.42. The van der Waals surface area contributed by atoms with Crippen LogP contribution in [0.5, 0.6) is 0 Å². The largest absolute Gasteiger partial charge is 0.353 e. The van der Waals surface area contributed by atoms with E-state index in [1.54, 1.807) is 0 Å². The van der Waals surface area contributed by atoms with Gasteiger partial charge in [0.2, 0.25) is 5.91 Å². The van der Waals surface area contributed by atoms with Crippen LogP contribution >= 0.6 is 0 Å². The molecule has 1 amide bonds. The van der Waals surface area contributed by atoms with E-state index < -0.39 is 0 Å². The van der Waals surface area contributed by atoms with Crippen molar-refractivity contribution in [2.75, 3.05) is 0 Å². The second-order valence-electron chi connectivity index (χ2n) is 6.32. The van der Waals surface area contributed by atoms with Crippen LogP contribution < -0.4 is 11.1 Å². The summed E-state index contributed by atoms with van der Waals surface area (Å²) in [5.41, 5.74) is 6.01. The number of carbonyl (C=O) groups excluding carboxylic acids is 1. The maximum absolute atomic E-state index is 12.0. The standard InChI is InChI=1S/C14H24N2O/c15-12-6-2-4-10(12)8-14(17)16-13-7-9-3-1-5-11(9)13/h9-13H,1-8,15H2,(H,16,17)/t9?,10-,11?,12+,13?/m0/s1. The average Bonchev–Trinajstić information content (AvgIpc) is 2.83. The van der Waals surface area contributed by atoms with Gasteiger partial charge in [0.1, 0.15) is 0 Å². The molecular weight excluding hydrogens is 212 g/mol. The molecule has 3 N–H and O–H groups in total. The molecule has 0 spiro atoms. The van der Waals surface area contributed by atoms with Gasteiger partial charge < -0.3 is 11.1 Å². The highest BCUT2D eigenvalue weighted by Gasteiger charge is 2.44. The van der Waals surface area contributed by atoms with Crippen molar-refractivity contribution in [3.05, 3.63) is 0 Å². The first-order valence-corrected chi connectivity index (χ1v) is 7.29. The molecule has 3 aliphatic rings. The van der Waals surface area contributed by atoms with E-state index >= 15 is 0 Å². The van der Waals surface area contributed by atoms with Crippen LogP contribution in [0.3, 0.4) is 0 Å². The lowest BCUT2D eigenvalue weighted by Crippen LogP contribution is -2.50. The van der Waals surface area contributed by atoms with Crippen molar-refractivity contribution in [1.29, 1.82) is 0 Å². The van der Waals surface area contributed by atoms with Crippen LogP contribution in [0.4, 0.5) is 0 Å². The molecule has 0 radical (unpaired) electrons. The fourth-order valence-electron chi connectivity index (χ4n) is 4.18. The molecule has 3 saturated carbocycles. The van der Waals surface area contributed by atoms with Crippen molar-refractivity contribution < 1.29 is 4.79 Å². The highest BCUT2D eigenvalue weighted by Crippen LogP contribution is 2.46. The number of rotatable bonds is 3. The van der Waals surface area contributed by atoms with Crippen molar-refractivity contribution >= 4 is 5.91 Å². The first kappa shape index (κ1) is 11.5. The molecule has 0 aromatic rings. The lowest BCUT2D eigenvalue weighted by molar-refractivity contribution is -0.124. The van der Waals surface area contributed by atoms with Crippen LogP contribution in [0, 0.1) is 17.8 Å². The molecule has 0 aliphatic heterocycles. The van der Waals surface area contributed by atoms with Crippen LogP contribution in [0.2, 0.25) is 0 Å². The predicted octanol–water partition coefficient (Wildman–Crippen LogP) is 1.81. The number of hydrogen-bond donors (Lipinski definition) is 2. The molecular formula is C14H24N2O. The molecule has 3 aliphatic carbocycles. The molecule has 3 nitrogen and oxygen atoms in total. The second-order valence-corrected chi connectivity index (χ2v) is 6.32. The second kappa shape index (κ2) is 4.60. The van der Waals surface area contributed by atoms with Gasteiger partial charge in [0.05, 0.1) is 0 Å². The third-order valence-electron chi connectivity index (χ3n) is 5.30. The Kier molecular flexibility index (Phi) is 3.12. The Morgan fingerprint density at radius 3 is 2.71 bits per heavy atom. The zero-order chi connectivity index (χ0) is 11.8. The van der Waals surface area contributed by atoms with Crippen LogP contribution in [-0.4, -0.2) is 18.0 Å². The molecule has 3 fully saturated rings. The average molecular weight is 236 g/mol. The number of nitrogens with two attached hydrogens (primary N) is 1. The number of nitrogens with one attached hydrogen (secondary N) is 1. The number of carbonyl (C=O) groups is 1. The molecule has 3 heteroatoms. The summed E-state index contributed by atoms with van der Waals surface area (Å²) in [6, 6.07) is 0.758. The molecule has 0 aromatic carbocycles. The van der Waals surface area contributed by atoms with E-state index in [0.29, 0.717) is 18.4 Å². The van der Waals surface area contributed by atoms with Gasteiger partial charge in [-0.05, 0) is 43.4 Å². The highest BCUT2D eigenvalue weighted by molar-refractivity contribution is 5.76. The minimum absolute atomic E-state index is 0.253. The maximum Gasteiger partial charge on any atom is 0.220 e. The third kappa shape index (κ3) is 2.22. The lowest BCUT2D eigenvalue weighted by Gasteiger charge is -2.41. The van der Waals surface area contributed by atoms with E-state index in [2.05, 4.69) is 5.32 Å². The Morgan fingerprint density at radius 1 is 1.18 bits per heavy atom. The van der Waals surface area contributed by atoms with E-state index in [-0.39, 0.29) is 11.9 Å². The molecule has 0 aromatic heterocycles. The SMILES string of the molecule is N[C@@H]1CCC[C@H]1CC(=O)NC1CC2CCCC21. The van der Waals surface area contributed by atoms with E-state index in [1.807, 2.05) is 0 Å². The van der Waals surface area contributed by atoms with E-state index in [1.165, 1.54) is 32.1 Å².